The monoisotopic (exact) mass is 278 g/mol. The first-order valence-corrected chi connectivity index (χ1v) is 7.23. The van der Waals surface area contributed by atoms with Crippen LogP contribution in [0.5, 0.6) is 0 Å². The molecule has 0 aromatic heterocycles. The Morgan fingerprint density at radius 1 is 1.45 bits per heavy atom. The van der Waals surface area contributed by atoms with Gasteiger partial charge in [0.2, 0.25) is 0 Å². The molecule has 2 rings (SSSR count). The van der Waals surface area contributed by atoms with Crippen molar-refractivity contribution in [2.75, 3.05) is 31.6 Å². The summed E-state index contributed by atoms with van der Waals surface area (Å²) in [6.45, 7) is 8.83. The maximum atomic E-state index is 9.41. The summed E-state index contributed by atoms with van der Waals surface area (Å²) in [5.74, 6) is 0. The topological polar surface area (TPSA) is 44.7 Å². The van der Waals surface area contributed by atoms with Gasteiger partial charge in [-0.1, -0.05) is 12.1 Å². The molecular formula is C16H26N2O2. The summed E-state index contributed by atoms with van der Waals surface area (Å²) in [6, 6.07) is 6.56. The first-order valence-electron chi connectivity index (χ1n) is 7.23. The summed E-state index contributed by atoms with van der Waals surface area (Å²) in [5.41, 5.74) is 3.56. The number of benzene rings is 1. The number of aliphatic hydroxyl groups is 1. The van der Waals surface area contributed by atoms with E-state index in [9.17, 15) is 5.11 Å². The molecule has 0 aliphatic carbocycles. The first kappa shape index (κ1) is 15.3. The van der Waals surface area contributed by atoms with Gasteiger partial charge in [0.05, 0.1) is 18.3 Å². The van der Waals surface area contributed by atoms with Gasteiger partial charge in [-0.05, 0) is 45.0 Å². The van der Waals surface area contributed by atoms with Crippen molar-refractivity contribution in [2.24, 2.45) is 0 Å². The molecule has 1 aromatic rings. The van der Waals surface area contributed by atoms with E-state index in [4.69, 9.17) is 4.74 Å². The van der Waals surface area contributed by atoms with Crippen LogP contribution in [0.4, 0.5) is 5.69 Å². The fraction of sp³-hybridized carbons (Fsp3) is 0.625. The number of nitrogens with zero attached hydrogens (tertiary/aromatic N) is 1. The van der Waals surface area contributed by atoms with E-state index in [1.807, 2.05) is 7.05 Å². The molecule has 0 radical (unpaired) electrons. The first-order chi connectivity index (χ1) is 9.45. The van der Waals surface area contributed by atoms with Gasteiger partial charge in [0, 0.05) is 25.3 Å². The van der Waals surface area contributed by atoms with Crippen molar-refractivity contribution in [3.05, 3.63) is 29.3 Å². The Balaban J connectivity index is 2.21. The average molecular weight is 278 g/mol. The van der Waals surface area contributed by atoms with E-state index in [-0.39, 0.29) is 18.3 Å². The number of morpholine rings is 1. The SMILES string of the molecule is CNCc1ccc(N2CC(CO)OC(C)(C)C2)c(C)c1. The van der Waals surface area contributed by atoms with E-state index in [1.165, 1.54) is 16.8 Å². The third-order valence-corrected chi connectivity index (χ3v) is 3.67. The molecule has 1 aliphatic heterocycles. The predicted octanol–water partition coefficient (Wildman–Crippen LogP) is 1.69. The van der Waals surface area contributed by atoms with Gasteiger partial charge in [0.1, 0.15) is 0 Å². The molecule has 1 heterocycles. The number of hydrogen-bond donors (Lipinski definition) is 2. The van der Waals surface area contributed by atoms with Crippen LogP contribution in [-0.4, -0.2) is 43.6 Å². The molecule has 4 heteroatoms. The molecule has 112 valence electrons. The van der Waals surface area contributed by atoms with Crippen molar-refractivity contribution in [1.82, 2.24) is 5.32 Å². The molecule has 1 aliphatic rings. The van der Waals surface area contributed by atoms with E-state index in [0.717, 1.165) is 19.6 Å². The minimum absolute atomic E-state index is 0.0663. The Labute approximate surface area is 121 Å². The lowest BCUT2D eigenvalue weighted by atomic mass is 10.0. The Morgan fingerprint density at radius 2 is 2.20 bits per heavy atom. The molecule has 1 fully saturated rings. The largest absolute Gasteiger partial charge is 0.394 e. The zero-order chi connectivity index (χ0) is 14.8. The number of nitrogens with one attached hydrogen (secondary N) is 1. The van der Waals surface area contributed by atoms with Gasteiger partial charge < -0.3 is 20.1 Å². The zero-order valence-electron chi connectivity index (χ0n) is 12.9. The van der Waals surface area contributed by atoms with E-state index < -0.39 is 0 Å². The zero-order valence-corrected chi connectivity index (χ0v) is 12.9. The highest BCUT2D eigenvalue weighted by Gasteiger charge is 2.33. The van der Waals surface area contributed by atoms with Crippen LogP contribution in [-0.2, 0) is 11.3 Å². The number of anilines is 1. The van der Waals surface area contributed by atoms with Crippen LogP contribution in [0.15, 0.2) is 18.2 Å². The number of rotatable bonds is 4. The van der Waals surface area contributed by atoms with Crippen molar-refractivity contribution in [1.29, 1.82) is 0 Å². The molecule has 0 spiro atoms. The maximum absolute atomic E-state index is 9.41. The van der Waals surface area contributed by atoms with Gasteiger partial charge in [0.15, 0.2) is 0 Å². The maximum Gasteiger partial charge on any atom is 0.0988 e. The minimum Gasteiger partial charge on any atom is -0.394 e. The van der Waals surface area contributed by atoms with Gasteiger partial charge in [-0.15, -0.1) is 0 Å². The second-order valence-corrected chi connectivity index (χ2v) is 6.21. The molecule has 4 nitrogen and oxygen atoms in total. The lowest BCUT2D eigenvalue weighted by molar-refractivity contribution is -0.101. The van der Waals surface area contributed by atoms with Gasteiger partial charge in [-0.3, -0.25) is 0 Å². The number of aryl methyl sites for hydroxylation is 1. The van der Waals surface area contributed by atoms with E-state index in [1.54, 1.807) is 0 Å². The Hall–Kier alpha value is -1.10. The fourth-order valence-corrected chi connectivity index (χ4v) is 2.96. The van der Waals surface area contributed by atoms with Gasteiger partial charge in [0.25, 0.3) is 0 Å². The van der Waals surface area contributed by atoms with Crippen LogP contribution in [0, 0.1) is 6.92 Å². The molecule has 0 bridgehead atoms. The lowest BCUT2D eigenvalue weighted by Crippen LogP contribution is -2.54. The highest BCUT2D eigenvalue weighted by Crippen LogP contribution is 2.28. The van der Waals surface area contributed by atoms with Gasteiger partial charge in [-0.2, -0.15) is 0 Å². The molecule has 1 aromatic carbocycles. The highest BCUT2D eigenvalue weighted by molar-refractivity contribution is 5.55. The molecule has 1 unspecified atom stereocenters. The number of aliphatic hydroxyl groups excluding tert-OH is 1. The third-order valence-electron chi connectivity index (χ3n) is 3.67. The fourth-order valence-electron chi connectivity index (χ4n) is 2.96. The summed E-state index contributed by atoms with van der Waals surface area (Å²) < 4.78 is 5.88. The van der Waals surface area contributed by atoms with E-state index in [2.05, 4.69) is 49.2 Å². The van der Waals surface area contributed by atoms with E-state index in [0.29, 0.717) is 0 Å². The smallest absolute Gasteiger partial charge is 0.0988 e. The predicted molar refractivity (Wildman–Crippen MR) is 82.2 cm³/mol. The second kappa shape index (κ2) is 6.12. The van der Waals surface area contributed by atoms with Crippen molar-refractivity contribution in [3.63, 3.8) is 0 Å². The van der Waals surface area contributed by atoms with Crippen LogP contribution >= 0.6 is 0 Å². The van der Waals surface area contributed by atoms with Crippen molar-refractivity contribution in [2.45, 2.75) is 39.0 Å². The average Bonchev–Trinajstić information content (AvgIpc) is 2.37. The van der Waals surface area contributed by atoms with Gasteiger partial charge in [-0.25, -0.2) is 0 Å². The minimum atomic E-state index is -0.234. The summed E-state index contributed by atoms with van der Waals surface area (Å²) in [7, 11) is 1.96. The summed E-state index contributed by atoms with van der Waals surface area (Å²) >= 11 is 0. The molecule has 20 heavy (non-hydrogen) atoms. The van der Waals surface area contributed by atoms with Gasteiger partial charge >= 0.3 is 0 Å². The Bertz CT molecular complexity index is 460. The normalized spacial score (nSPS) is 22.1. The van der Waals surface area contributed by atoms with Crippen molar-refractivity contribution in [3.8, 4) is 0 Å². The standard InChI is InChI=1S/C16H26N2O2/c1-12-7-13(8-17-4)5-6-15(12)18-9-14(10-19)20-16(2,3)11-18/h5-7,14,17,19H,8-11H2,1-4H3. The van der Waals surface area contributed by atoms with Crippen molar-refractivity contribution < 1.29 is 9.84 Å². The molecule has 0 amide bonds. The molecule has 1 saturated heterocycles. The Morgan fingerprint density at radius 3 is 2.80 bits per heavy atom. The quantitative estimate of drug-likeness (QED) is 0.880. The number of ether oxygens (including phenoxy) is 1. The van der Waals surface area contributed by atoms with Crippen LogP contribution < -0.4 is 10.2 Å². The lowest BCUT2D eigenvalue weighted by Gasteiger charge is -2.44. The summed E-state index contributed by atoms with van der Waals surface area (Å²) in [5, 5.41) is 12.6. The van der Waals surface area contributed by atoms with Crippen LogP contribution in [0.25, 0.3) is 0 Å². The molecular weight excluding hydrogens is 252 g/mol. The van der Waals surface area contributed by atoms with Crippen LogP contribution in [0.1, 0.15) is 25.0 Å². The summed E-state index contributed by atoms with van der Waals surface area (Å²) in [4.78, 5) is 2.32. The molecule has 1 atom stereocenters. The van der Waals surface area contributed by atoms with Crippen molar-refractivity contribution >= 4 is 5.69 Å². The summed E-state index contributed by atoms with van der Waals surface area (Å²) in [6.07, 6.45) is -0.116. The number of hydrogen-bond acceptors (Lipinski definition) is 4. The molecule has 0 saturated carbocycles. The highest BCUT2D eigenvalue weighted by atomic mass is 16.5. The van der Waals surface area contributed by atoms with Crippen LogP contribution in [0.2, 0.25) is 0 Å². The molecule has 2 N–H and O–H groups in total. The van der Waals surface area contributed by atoms with E-state index >= 15 is 0 Å². The third kappa shape index (κ3) is 3.51. The Kier molecular flexibility index (Phi) is 4.68. The van der Waals surface area contributed by atoms with Crippen LogP contribution in [0.3, 0.4) is 0 Å². The second-order valence-electron chi connectivity index (χ2n) is 6.21.